The van der Waals surface area contributed by atoms with Gasteiger partial charge in [0.05, 0.1) is 6.61 Å². The van der Waals surface area contributed by atoms with Gasteiger partial charge in [-0.05, 0) is 54.3 Å². The molecule has 1 heterocycles. The van der Waals surface area contributed by atoms with E-state index in [1.165, 1.54) is 21.9 Å². The molecule has 3 rings (SSSR count). The van der Waals surface area contributed by atoms with Gasteiger partial charge < -0.3 is 10.1 Å². The number of ether oxygens (including phenoxy) is 1. The molecule has 0 radical (unpaired) electrons. The Morgan fingerprint density at radius 3 is 2.65 bits per heavy atom. The van der Waals surface area contributed by atoms with Gasteiger partial charge in [-0.1, -0.05) is 36.4 Å². The summed E-state index contributed by atoms with van der Waals surface area (Å²) >= 11 is 0. The second-order valence-electron chi connectivity index (χ2n) is 6.41. The van der Waals surface area contributed by atoms with Crippen molar-refractivity contribution in [3.05, 3.63) is 71.5 Å². The van der Waals surface area contributed by atoms with Crippen LogP contribution in [0.3, 0.4) is 0 Å². The van der Waals surface area contributed by atoms with Crippen LogP contribution < -0.4 is 5.32 Å². The maximum Gasteiger partial charge on any atom is 0.328 e. The predicted octanol–water partition coefficient (Wildman–Crippen LogP) is 4.50. The number of nitrogens with zero attached hydrogens (tertiary/aromatic N) is 1. The SMILES string of the molecule is CCOC(=O)C(C)Nc1ccncc1Cc1ccc(C)c2ccccc12. The second-order valence-corrected chi connectivity index (χ2v) is 6.41. The molecule has 1 unspecified atom stereocenters. The Morgan fingerprint density at radius 2 is 1.88 bits per heavy atom. The van der Waals surface area contributed by atoms with Gasteiger partial charge in [-0.15, -0.1) is 0 Å². The van der Waals surface area contributed by atoms with Crippen molar-refractivity contribution < 1.29 is 9.53 Å². The largest absolute Gasteiger partial charge is 0.464 e. The minimum absolute atomic E-state index is 0.254. The molecule has 0 bridgehead atoms. The van der Waals surface area contributed by atoms with E-state index in [1.807, 2.05) is 26.1 Å². The molecule has 0 saturated carbocycles. The van der Waals surface area contributed by atoms with Crippen LogP contribution in [0.2, 0.25) is 0 Å². The van der Waals surface area contributed by atoms with E-state index in [1.54, 1.807) is 6.20 Å². The standard InChI is InChI=1S/C22H24N2O2/c1-4-26-22(25)16(3)24-21-11-12-23-14-18(21)13-17-10-9-15(2)19-7-5-6-8-20(17)19/h5-12,14,16H,4,13H2,1-3H3,(H,23,24). The number of hydrogen-bond donors (Lipinski definition) is 1. The predicted molar refractivity (Wildman–Crippen MR) is 105 cm³/mol. The fourth-order valence-corrected chi connectivity index (χ4v) is 3.14. The van der Waals surface area contributed by atoms with Crippen LogP contribution in [0.25, 0.3) is 10.8 Å². The first kappa shape index (κ1) is 17.9. The molecule has 0 fully saturated rings. The molecule has 26 heavy (non-hydrogen) atoms. The van der Waals surface area contributed by atoms with E-state index in [0.29, 0.717) is 6.61 Å². The molecule has 4 nitrogen and oxygen atoms in total. The topological polar surface area (TPSA) is 51.2 Å². The van der Waals surface area contributed by atoms with Crippen LogP contribution in [0, 0.1) is 6.92 Å². The first-order valence-electron chi connectivity index (χ1n) is 8.93. The van der Waals surface area contributed by atoms with Gasteiger partial charge in [0.1, 0.15) is 6.04 Å². The van der Waals surface area contributed by atoms with Crippen LogP contribution in [0.5, 0.6) is 0 Å². The number of anilines is 1. The summed E-state index contributed by atoms with van der Waals surface area (Å²) in [6.07, 6.45) is 4.33. The van der Waals surface area contributed by atoms with E-state index in [4.69, 9.17) is 4.74 Å². The highest BCUT2D eigenvalue weighted by Gasteiger charge is 2.15. The highest BCUT2D eigenvalue weighted by molar-refractivity contribution is 5.89. The summed E-state index contributed by atoms with van der Waals surface area (Å²) < 4.78 is 5.09. The zero-order valence-corrected chi connectivity index (χ0v) is 15.5. The van der Waals surface area contributed by atoms with Gasteiger partial charge in [0.25, 0.3) is 0 Å². The second kappa shape index (κ2) is 8.00. The number of aryl methyl sites for hydroxylation is 1. The van der Waals surface area contributed by atoms with Crippen LogP contribution in [0.1, 0.15) is 30.5 Å². The lowest BCUT2D eigenvalue weighted by Gasteiger charge is -2.17. The van der Waals surface area contributed by atoms with Crippen molar-refractivity contribution in [2.24, 2.45) is 0 Å². The third kappa shape index (κ3) is 3.85. The molecule has 0 aliphatic heterocycles. The quantitative estimate of drug-likeness (QED) is 0.667. The molecule has 1 aromatic heterocycles. The van der Waals surface area contributed by atoms with Crippen molar-refractivity contribution in [3.63, 3.8) is 0 Å². The van der Waals surface area contributed by atoms with Gasteiger partial charge in [-0.25, -0.2) is 4.79 Å². The summed E-state index contributed by atoms with van der Waals surface area (Å²) in [5.74, 6) is -0.254. The van der Waals surface area contributed by atoms with Crippen molar-refractivity contribution >= 4 is 22.4 Å². The number of aromatic nitrogens is 1. The number of benzene rings is 2. The Labute approximate surface area is 154 Å². The summed E-state index contributed by atoms with van der Waals surface area (Å²) in [6.45, 7) is 6.13. The van der Waals surface area contributed by atoms with Crippen LogP contribution in [-0.4, -0.2) is 23.6 Å². The van der Waals surface area contributed by atoms with Gasteiger partial charge in [0.2, 0.25) is 0 Å². The van der Waals surface area contributed by atoms with Crippen molar-refractivity contribution in [2.75, 3.05) is 11.9 Å². The molecule has 3 aromatic rings. The first-order chi connectivity index (χ1) is 12.6. The van der Waals surface area contributed by atoms with Gasteiger partial charge in [-0.2, -0.15) is 0 Å². The average molecular weight is 348 g/mol. The Morgan fingerprint density at radius 1 is 1.12 bits per heavy atom. The molecule has 134 valence electrons. The summed E-state index contributed by atoms with van der Waals surface area (Å²) in [7, 11) is 0. The fourth-order valence-electron chi connectivity index (χ4n) is 3.14. The Balaban J connectivity index is 1.90. The number of rotatable bonds is 6. The van der Waals surface area contributed by atoms with Crippen molar-refractivity contribution in [2.45, 2.75) is 33.2 Å². The molecule has 2 aromatic carbocycles. The summed E-state index contributed by atoms with van der Waals surface area (Å²) in [4.78, 5) is 16.2. The molecule has 0 aliphatic rings. The van der Waals surface area contributed by atoms with E-state index in [0.717, 1.165) is 17.7 Å². The Bertz CT molecular complexity index is 921. The van der Waals surface area contributed by atoms with Gasteiger partial charge in [-0.3, -0.25) is 4.98 Å². The molecule has 0 aliphatic carbocycles. The van der Waals surface area contributed by atoms with Crippen LogP contribution in [-0.2, 0) is 16.0 Å². The van der Waals surface area contributed by atoms with Crippen molar-refractivity contribution in [3.8, 4) is 0 Å². The van der Waals surface area contributed by atoms with Gasteiger partial charge >= 0.3 is 5.97 Å². The first-order valence-corrected chi connectivity index (χ1v) is 8.93. The number of pyridine rings is 1. The number of carbonyl (C=O) groups is 1. The minimum Gasteiger partial charge on any atom is -0.464 e. The van der Waals surface area contributed by atoms with Crippen LogP contribution in [0.15, 0.2) is 54.9 Å². The number of esters is 1. The maximum atomic E-state index is 11.9. The monoisotopic (exact) mass is 348 g/mol. The molecule has 1 N–H and O–H groups in total. The molecule has 0 saturated heterocycles. The zero-order chi connectivity index (χ0) is 18.5. The molecular formula is C22H24N2O2. The third-order valence-electron chi connectivity index (χ3n) is 4.53. The minimum atomic E-state index is -0.411. The van der Waals surface area contributed by atoms with E-state index in [-0.39, 0.29) is 5.97 Å². The lowest BCUT2D eigenvalue weighted by molar-refractivity contribution is -0.143. The lowest BCUT2D eigenvalue weighted by atomic mass is 9.96. The average Bonchev–Trinajstić information content (AvgIpc) is 2.66. The molecule has 1 atom stereocenters. The third-order valence-corrected chi connectivity index (χ3v) is 4.53. The fraction of sp³-hybridized carbons (Fsp3) is 0.273. The number of hydrogen-bond acceptors (Lipinski definition) is 4. The molecular weight excluding hydrogens is 324 g/mol. The lowest BCUT2D eigenvalue weighted by Crippen LogP contribution is -2.28. The highest BCUT2D eigenvalue weighted by atomic mass is 16.5. The highest BCUT2D eigenvalue weighted by Crippen LogP contribution is 2.26. The molecule has 0 spiro atoms. The van der Waals surface area contributed by atoms with E-state index in [9.17, 15) is 4.79 Å². The van der Waals surface area contributed by atoms with Crippen molar-refractivity contribution in [1.82, 2.24) is 4.98 Å². The number of fused-ring (bicyclic) bond motifs is 1. The Hall–Kier alpha value is -2.88. The van der Waals surface area contributed by atoms with Gasteiger partial charge in [0.15, 0.2) is 0 Å². The maximum absolute atomic E-state index is 11.9. The zero-order valence-electron chi connectivity index (χ0n) is 15.5. The summed E-state index contributed by atoms with van der Waals surface area (Å²) in [6, 6.07) is 14.3. The molecule has 0 amide bonds. The number of nitrogens with one attached hydrogen (secondary N) is 1. The summed E-state index contributed by atoms with van der Waals surface area (Å²) in [5.41, 5.74) is 4.47. The van der Waals surface area contributed by atoms with E-state index >= 15 is 0 Å². The van der Waals surface area contributed by atoms with Gasteiger partial charge in [0, 0.05) is 24.5 Å². The Kier molecular flexibility index (Phi) is 5.52. The smallest absolute Gasteiger partial charge is 0.328 e. The van der Waals surface area contributed by atoms with E-state index in [2.05, 4.69) is 53.6 Å². The summed E-state index contributed by atoms with van der Waals surface area (Å²) in [5, 5.41) is 5.78. The van der Waals surface area contributed by atoms with Crippen molar-refractivity contribution in [1.29, 1.82) is 0 Å². The van der Waals surface area contributed by atoms with Crippen LogP contribution >= 0.6 is 0 Å². The van der Waals surface area contributed by atoms with E-state index < -0.39 is 6.04 Å². The van der Waals surface area contributed by atoms with Crippen LogP contribution in [0.4, 0.5) is 5.69 Å². The number of carbonyl (C=O) groups excluding carboxylic acids is 1. The molecule has 4 heteroatoms. The normalized spacial score (nSPS) is 12.0.